The highest BCUT2D eigenvalue weighted by Gasteiger charge is 2.17. The molecule has 0 aliphatic carbocycles. The molecule has 0 spiro atoms. The topological polar surface area (TPSA) is 86.5 Å². The number of rotatable bonds is 4. The number of carboxylic acid groups (broad SMARTS) is 1. The first-order valence-corrected chi connectivity index (χ1v) is 6.68. The molecule has 1 aliphatic rings. The van der Waals surface area contributed by atoms with E-state index in [2.05, 4.69) is 10.3 Å². The molecule has 1 aromatic heterocycles. The lowest BCUT2D eigenvalue weighted by Gasteiger charge is -2.20. The van der Waals surface area contributed by atoms with Gasteiger partial charge in [-0.25, -0.2) is 4.68 Å². The minimum absolute atomic E-state index is 0.151. The summed E-state index contributed by atoms with van der Waals surface area (Å²) < 4.78 is 12.5. The Balaban J connectivity index is 1.80. The van der Waals surface area contributed by atoms with Gasteiger partial charge in [-0.05, 0) is 17.7 Å². The van der Waals surface area contributed by atoms with E-state index < -0.39 is 5.97 Å². The van der Waals surface area contributed by atoms with Crippen LogP contribution in [-0.4, -0.2) is 39.3 Å². The lowest BCUT2D eigenvalue weighted by atomic mass is 10.2. The van der Waals surface area contributed by atoms with E-state index in [9.17, 15) is 4.79 Å². The van der Waals surface area contributed by atoms with Gasteiger partial charge in [-0.15, -0.1) is 5.10 Å². The van der Waals surface area contributed by atoms with Crippen LogP contribution in [0.5, 0.6) is 11.5 Å². The maximum atomic E-state index is 10.6. The minimum atomic E-state index is -0.940. The van der Waals surface area contributed by atoms with Gasteiger partial charge in [0.1, 0.15) is 13.2 Å². The fraction of sp³-hybridized carbons (Fsp3) is 0.308. The molecule has 110 valence electrons. The third-order valence-electron chi connectivity index (χ3n) is 2.92. The second-order valence-corrected chi connectivity index (χ2v) is 4.99. The van der Waals surface area contributed by atoms with Crippen molar-refractivity contribution in [1.82, 2.24) is 15.0 Å². The van der Waals surface area contributed by atoms with Crippen LogP contribution in [0.3, 0.4) is 0 Å². The fourth-order valence-electron chi connectivity index (χ4n) is 2.09. The Bertz CT molecular complexity index is 686. The Morgan fingerprint density at radius 1 is 1.38 bits per heavy atom. The van der Waals surface area contributed by atoms with Crippen LogP contribution < -0.4 is 9.47 Å². The number of carbonyl (C=O) groups is 1. The summed E-state index contributed by atoms with van der Waals surface area (Å²) in [4.78, 5) is 10.6. The SMILES string of the molecule is O=C(O)Cc1cn(Cc2cc(Cl)c3c(c2)OCCO3)nn1. The van der Waals surface area contributed by atoms with Crippen LogP contribution in [0.15, 0.2) is 18.3 Å². The maximum Gasteiger partial charge on any atom is 0.309 e. The first-order chi connectivity index (χ1) is 10.1. The number of benzene rings is 1. The highest BCUT2D eigenvalue weighted by Crippen LogP contribution is 2.38. The van der Waals surface area contributed by atoms with E-state index in [0.717, 1.165) is 5.56 Å². The Labute approximate surface area is 125 Å². The lowest BCUT2D eigenvalue weighted by Crippen LogP contribution is -2.16. The van der Waals surface area contributed by atoms with Crippen molar-refractivity contribution < 1.29 is 19.4 Å². The van der Waals surface area contributed by atoms with E-state index in [1.807, 2.05) is 6.07 Å². The highest BCUT2D eigenvalue weighted by atomic mass is 35.5. The zero-order chi connectivity index (χ0) is 14.8. The number of hydrogen-bond acceptors (Lipinski definition) is 5. The van der Waals surface area contributed by atoms with Gasteiger partial charge in [0, 0.05) is 6.20 Å². The predicted molar refractivity (Wildman–Crippen MR) is 72.9 cm³/mol. The largest absolute Gasteiger partial charge is 0.486 e. The highest BCUT2D eigenvalue weighted by molar-refractivity contribution is 6.32. The van der Waals surface area contributed by atoms with E-state index in [1.54, 1.807) is 16.9 Å². The van der Waals surface area contributed by atoms with Crippen molar-refractivity contribution in [2.24, 2.45) is 0 Å². The summed E-state index contributed by atoms with van der Waals surface area (Å²) in [7, 11) is 0. The zero-order valence-electron chi connectivity index (χ0n) is 11.0. The monoisotopic (exact) mass is 309 g/mol. The lowest BCUT2D eigenvalue weighted by molar-refractivity contribution is -0.136. The Morgan fingerprint density at radius 2 is 2.19 bits per heavy atom. The van der Waals surface area contributed by atoms with Crippen LogP contribution in [0.1, 0.15) is 11.3 Å². The van der Waals surface area contributed by atoms with Gasteiger partial charge in [-0.3, -0.25) is 4.79 Å². The van der Waals surface area contributed by atoms with Crippen molar-refractivity contribution in [3.05, 3.63) is 34.6 Å². The number of halogens is 1. The smallest absolute Gasteiger partial charge is 0.309 e. The van der Waals surface area contributed by atoms with E-state index in [1.165, 1.54) is 0 Å². The molecular weight excluding hydrogens is 298 g/mol. The number of nitrogens with zero attached hydrogens (tertiary/aromatic N) is 3. The molecule has 0 saturated carbocycles. The molecule has 21 heavy (non-hydrogen) atoms. The summed E-state index contributed by atoms with van der Waals surface area (Å²) in [5.41, 5.74) is 1.28. The molecule has 0 bridgehead atoms. The summed E-state index contributed by atoms with van der Waals surface area (Å²) in [6.45, 7) is 1.38. The first kappa shape index (κ1) is 13.7. The van der Waals surface area contributed by atoms with Gasteiger partial charge >= 0.3 is 5.97 Å². The first-order valence-electron chi connectivity index (χ1n) is 6.30. The van der Waals surface area contributed by atoms with Crippen molar-refractivity contribution in [1.29, 1.82) is 0 Å². The van der Waals surface area contributed by atoms with Gasteiger partial charge in [-0.1, -0.05) is 16.8 Å². The van der Waals surface area contributed by atoms with E-state index in [-0.39, 0.29) is 6.42 Å². The average molecular weight is 310 g/mol. The van der Waals surface area contributed by atoms with Gasteiger partial charge in [-0.2, -0.15) is 0 Å². The van der Waals surface area contributed by atoms with E-state index in [4.69, 9.17) is 26.2 Å². The zero-order valence-corrected chi connectivity index (χ0v) is 11.7. The van der Waals surface area contributed by atoms with Crippen LogP contribution in [-0.2, 0) is 17.8 Å². The van der Waals surface area contributed by atoms with Crippen molar-refractivity contribution in [2.75, 3.05) is 13.2 Å². The molecule has 0 radical (unpaired) electrons. The minimum Gasteiger partial charge on any atom is -0.486 e. The van der Waals surface area contributed by atoms with Gasteiger partial charge < -0.3 is 14.6 Å². The number of carboxylic acids is 1. The molecule has 0 saturated heterocycles. The van der Waals surface area contributed by atoms with Crippen molar-refractivity contribution in [2.45, 2.75) is 13.0 Å². The number of ether oxygens (including phenoxy) is 2. The molecule has 8 heteroatoms. The molecule has 0 fully saturated rings. The quantitative estimate of drug-likeness (QED) is 0.918. The standard InChI is InChI=1S/C13H12ClN3O4/c14-10-3-8(4-11-13(10)21-2-1-20-11)6-17-7-9(15-16-17)5-12(18)19/h3-4,7H,1-2,5-6H2,(H,18,19). The molecule has 3 rings (SSSR count). The summed E-state index contributed by atoms with van der Waals surface area (Å²) in [6.07, 6.45) is 1.45. The van der Waals surface area contributed by atoms with Crippen LogP contribution in [0.2, 0.25) is 5.02 Å². The second-order valence-electron chi connectivity index (χ2n) is 4.58. The number of aliphatic carboxylic acids is 1. The molecule has 1 aliphatic heterocycles. The fourth-order valence-corrected chi connectivity index (χ4v) is 2.38. The predicted octanol–water partition coefficient (Wildman–Crippen LogP) is 1.38. The molecule has 1 aromatic carbocycles. The van der Waals surface area contributed by atoms with E-state index >= 15 is 0 Å². The van der Waals surface area contributed by atoms with Crippen LogP contribution >= 0.6 is 11.6 Å². The molecular formula is C13H12ClN3O4. The number of aromatic nitrogens is 3. The van der Waals surface area contributed by atoms with Gasteiger partial charge in [0.2, 0.25) is 0 Å². The molecule has 0 unspecified atom stereocenters. The normalized spacial score (nSPS) is 13.2. The summed E-state index contributed by atoms with van der Waals surface area (Å²) in [6, 6.07) is 3.60. The van der Waals surface area contributed by atoms with Gasteiger partial charge in [0.05, 0.1) is 23.7 Å². The summed E-state index contributed by atoms with van der Waals surface area (Å²) in [5, 5.41) is 16.9. The molecule has 2 aromatic rings. The van der Waals surface area contributed by atoms with E-state index in [0.29, 0.717) is 42.0 Å². The van der Waals surface area contributed by atoms with Gasteiger partial charge in [0.15, 0.2) is 11.5 Å². The van der Waals surface area contributed by atoms with Crippen molar-refractivity contribution in [3.63, 3.8) is 0 Å². The van der Waals surface area contributed by atoms with Gasteiger partial charge in [0.25, 0.3) is 0 Å². The average Bonchev–Trinajstić information content (AvgIpc) is 2.85. The molecule has 0 amide bonds. The van der Waals surface area contributed by atoms with Crippen LogP contribution in [0.25, 0.3) is 0 Å². The van der Waals surface area contributed by atoms with Crippen molar-refractivity contribution >= 4 is 17.6 Å². The third-order valence-corrected chi connectivity index (χ3v) is 3.20. The molecule has 2 heterocycles. The molecule has 7 nitrogen and oxygen atoms in total. The number of fused-ring (bicyclic) bond motifs is 1. The Hall–Kier alpha value is -2.28. The number of hydrogen-bond donors (Lipinski definition) is 1. The van der Waals surface area contributed by atoms with Crippen LogP contribution in [0, 0.1) is 0 Å². The molecule has 1 N–H and O–H groups in total. The maximum absolute atomic E-state index is 10.6. The van der Waals surface area contributed by atoms with Crippen molar-refractivity contribution in [3.8, 4) is 11.5 Å². The summed E-state index contributed by atoms with van der Waals surface area (Å²) >= 11 is 6.16. The van der Waals surface area contributed by atoms with Crippen LogP contribution in [0.4, 0.5) is 0 Å². The third kappa shape index (κ3) is 3.08. The Kier molecular flexibility index (Phi) is 3.66. The second kappa shape index (κ2) is 5.61. The Morgan fingerprint density at radius 3 is 3.00 bits per heavy atom. The molecule has 0 atom stereocenters. The summed E-state index contributed by atoms with van der Waals surface area (Å²) in [5.74, 6) is 0.218.